The molecule has 0 aromatic heterocycles. The van der Waals surface area contributed by atoms with Gasteiger partial charge in [0.1, 0.15) is 5.75 Å². The van der Waals surface area contributed by atoms with Gasteiger partial charge in [-0.2, -0.15) is 0 Å². The number of hydrogen-bond donors (Lipinski definition) is 0. The molecule has 0 N–H and O–H groups in total. The van der Waals surface area contributed by atoms with Gasteiger partial charge in [-0.3, -0.25) is 0 Å². The molecule has 1 aromatic carbocycles. The molecule has 0 amide bonds. The lowest BCUT2D eigenvalue weighted by Crippen LogP contribution is -2.40. The highest BCUT2D eigenvalue weighted by Gasteiger charge is 2.52. The van der Waals surface area contributed by atoms with E-state index in [0.717, 1.165) is 37.2 Å². The fourth-order valence-electron chi connectivity index (χ4n) is 6.70. The first-order chi connectivity index (χ1) is 13.1. The quantitative estimate of drug-likeness (QED) is 0.394. The van der Waals surface area contributed by atoms with Crippen LogP contribution in [0.2, 0.25) is 0 Å². The second-order valence-electron chi connectivity index (χ2n) is 9.44. The third kappa shape index (κ3) is 3.15. The van der Waals surface area contributed by atoms with Crippen LogP contribution in [0.15, 0.2) is 23.8 Å². The topological polar surface area (TPSA) is 9.23 Å². The van der Waals surface area contributed by atoms with E-state index in [9.17, 15) is 0 Å². The molecule has 3 aliphatic rings. The van der Waals surface area contributed by atoms with Crippen LogP contribution in [0.5, 0.6) is 5.75 Å². The molecule has 1 heteroatoms. The van der Waals surface area contributed by atoms with Crippen molar-refractivity contribution in [2.45, 2.75) is 91.4 Å². The van der Waals surface area contributed by atoms with Crippen LogP contribution in [0.1, 0.15) is 95.2 Å². The van der Waals surface area contributed by atoms with Gasteiger partial charge in [0.2, 0.25) is 0 Å². The summed E-state index contributed by atoms with van der Waals surface area (Å²) < 4.78 is 6.18. The number of hydrogen-bond acceptors (Lipinski definition) is 1. The Morgan fingerprint density at radius 2 is 2.00 bits per heavy atom. The summed E-state index contributed by atoms with van der Waals surface area (Å²) >= 11 is 0. The fraction of sp³-hybridized carbons (Fsp3) is 0.692. The Morgan fingerprint density at radius 1 is 1.15 bits per heavy atom. The van der Waals surface area contributed by atoms with E-state index in [1.54, 1.807) is 16.7 Å². The second kappa shape index (κ2) is 7.64. The first-order valence-corrected chi connectivity index (χ1v) is 11.6. The Bertz CT molecular complexity index is 715. The lowest BCUT2D eigenvalue weighted by molar-refractivity contribution is 0.0812. The summed E-state index contributed by atoms with van der Waals surface area (Å²) in [4.78, 5) is 0. The maximum atomic E-state index is 6.18. The second-order valence-corrected chi connectivity index (χ2v) is 9.44. The van der Waals surface area contributed by atoms with E-state index in [1.807, 2.05) is 0 Å². The van der Waals surface area contributed by atoms with Gasteiger partial charge in [-0.15, -0.1) is 0 Å². The van der Waals surface area contributed by atoms with E-state index < -0.39 is 0 Å². The minimum Gasteiger partial charge on any atom is -0.493 e. The molecule has 4 rings (SSSR count). The molecule has 148 valence electrons. The zero-order valence-corrected chi connectivity index (χ0v) is 17.9. The molecule has 0 bridgehead atoms. The summed E-state index contributed by atoms with van der Waals surface area (Å²) in [6.07, 6.45) is 14.0. The normalized spacial score (nSPS) is 33.5. The molecule has 0 aliphatic heterocycles. The number of aryl methyl sites for hydroxylation is 2. The summed E-state index contributed by atoms with van der Waals surface area (Å²) in [5, 5.41) is 0. The zero-order valence-electron chi connectivity index (χ0n) is 17.9. The maximum Gasteiger partial charge on any atom is 0.122 e. The number of unbranched alkanes of at least 4 members (excludes halogenated alkanes) is 1. The van der Waals surface area contributed by atoms with Crippen molar-refractivity contribution in [2.24, 2.45) is 17.3 Å². The number of rotatable bonds is 5. The van der Waals surface area contributed by atoms with Gasteiger partial charge < -0.3 is 4.74 Å². The number of benzene rings is 1. The third-order valence-corrected chi connectivity index (χ3v) is 8.24. The van der Waals surface area contributed by atoms with Gasteiger partial charge >= 0.3 is 0 Å². The van der Waals surface area contributed by atoms with Crippen LogP contribution in [-0.4, -0.2) is 6.61 Å². The van der Waals surface area contributed by atoms with E-state index in [2.05, 4.69) is 45.9 Å². The van der Waals surface area contributed by atoms with Crippen molar-refractivity contribution < 1.29 is 4.74 Å². The summed E-state index contributed by atoms with van der Waals surface area (Å²) in [5.41, 5.74) is 6.95. The van der Waals surface area contributed by atoms with Crippen molar-refractivity contribution in [1.29, 1.82) is 0 Å². The van der Waals surface area contributed by atoms with Crippen molar-refractivity contribution in [3.63, 3.8) is 0 Å². The average Bonchev–Trinajstić information content (AvgIpc) is 3.03. The van der Waals surface area contributed by atoms with Crippen LogP contribution in [-0.2, 0) is 12.8 Å². The summed E-state index contributed by atoms with van der Waals surface area (Å²) in [6.45, 7) is 10.2. The van der Waals surface area contributed by atoms with Crippen molar-refractivity contribution in [3.05, 3.63) is 40.5 Å². The molecule has 0 radical (unpaired) electrons. The SMILES string of the molecule is CC=C1CC[C@H]2[C@@H]3CCc4cc(OCCCC)c(CC)cc4[C@H]3CC[C@]12C. The molecule has 1 aromatic rings. The van der Waals surface area contributed by atoms with Gasteiger partial charge in [0.25, 0.3) is 0 Å². The minimum absolute atomic E-state index is 0.490. The minimum atomic E-state index is 0.490. The van der Waals surface area contributed by atoms with Crippen LogP contribution >= 0.6 is 0 Å². The Morgan fingerprint density at radius 3 is 2.74 bits per heavy atom. The Hall–Kier alpha value is -1.24. The van der Waals surface area contributed by atoms with Gasteiger partial charge in [0.05, 0.1) is 6.61 Å². The smallest absolute Gasteiger partial charge is 0.122 e. The molecule has 3 aliphatic carbocycles. The summed E-state index contributed by atoms with van der Waals surface area (Å²) in [5.74, 6) is 3.75. The average molecular weight is 367 g/mol. The molecule has 2 saturated carbocycles. The monoisotopic (exact) mass is 366 g/mol. The first kappa shape index (κ1) is 19.1. The Kier molecular flexibility index (Phi) is 5.41. The van der Waals surface area contributed by atoms with Crippen LogP contribution in [0.25, 0.3) is 0 Å². The molecule has 4 atom stereocenters. The maximum absolute atomic E-state index is 6.18. The number of fused-ring (bicyclic) bond motifs is 5. The highest BCUT2D eigenvalue weighted by Crippen LogP contribution is 2.62. The van der Waals surface area contributed by atoms with Crippen molar-refractivity contribution in [1.82, 2.24) is 0 Å². The lowest BCUT2D eigenvalue weighted by atomic mass is 9.55. The fourth-order valence-corrected chi connectivity index (χ4v) is 6.70. The molecule has 0 unspecified atom stereocenters. The Labute approximate surface area is 166 Å². The lowest BCUT2D eigenvalue weighted by Gasteiger charge is -2.49. The molecule has 2 fully saturated rings. The predicted octanol–water partition coefficient (Wildman–Crippen LogP) is 7.23. The van der Waals surface area contributed by atoms with E-state index in [-0.39, 0.29) is 0 Å². The first-order valence-electron chi connectivity index (χ1n) is 11.6. The van der Waals surface area contributed by atoms with Crippen LogP contribution in [0.3, 0.4) is 0 Å². The van der Waals surface area contributed by atoms with Crippen molar-refractivity contribution in [2.75, 3.05) is 6.61 Å². The zero-order chi connectivity index (χ0) is 19.0. The molecule has 1 nitrogen and oxygen atoms in total. The molecule has 27 heavy (non-hydrogen) atoms. The van der Waals surface area contributed by atoms with Gasteiger partial charge in [-0.25, -0.2) is 0 Å². The van der Waals surface area contributed by atoms with E-state index in [4.69, 9.17) is 4.74 Å². The summed E-state index contributed by atoms with van der Waals surface area (Å²) in [6, 6.07) is 4.96. The summed E-state index contributed by atoms with van der Waals surface area (Å²) in [7, 11) is 0. The van der Waals surface area contributed by atoms with Gasteiger partial charge in [0, 0.05) is 0 Å². The molecule has 0 saturated heterocycles. The van der Waals surface area contributed by atoms with Crippen molar-refractivity contribution in [3.8, 4) is 5.75 Å². The molecular weight excluding hydrogens is 328 g/mol. The third-order valence-electron chi connectivity index (χ3n) is 8.24. The van der Waals surface area contributed by atoms with Gasteiger partial charge in [0.15, 0.2) is 0 Å². The number of allylic oxidation sites excluding steroid dienone is 2. The number of ether oxygens (including phenoxy) is 1. The largest absolute Gasteiger partial charge is 0.493 e. The van der Waals surface area contributed by atoms with Gasteiger partial charge in [-0.1, -0.05) is 44.9 Å². The Balaban J connectivity index is 1.63. The van der Waals surface area contributed by atoms with Crippen LogP contribution in [0, 0.1) is 17.3 Å². The van der Waals surface area contributed by atoms with Gasteiger partial charge in [-0.05, 0) is 104 Å². The van der Waals surface area contributed by atoms with Crippen LogP contribution in [0.4, 0.5) is 0 Å². The predicted molar refractivity (Wildman–Crippen MR) is 115 cm³/mol. The molecular formula is C26H38O. The van der Waals surface area contributed by atoms with E-state index in [1.165, 1.54) is 56.3 Å². The van der Waals surface area contributed by atoms with Crippen LogP contribution < -0.4 is 4.74 Å². The highest BCUT2D eigenvalue weighted by molar-refractivity contribution is 5.46. The van der Waals surface area contributed by atoms with E-state index >= 15 is 0 Å². The highest BCUT2D eigenvalue weighted by atomic mass is 16.5. The van der Waals surface area contributed by atoms with E-state index in [0.29, 0.717) is 5.41 Å². The standard InChI is InChI=1S/C26H38O/c1-5-8-15-27-25-17-19-9-11-22-21(23(19)16-18(25)6-2)13-14-26(4)20(7-3)10-12-24(22)26/h7,16-17,21-22,24H,5-6,8-15H2,1-4H3/t21-,22+,24-,26+/m0/s1. The molecule has 0 heterocycles. The molecule has 0 spiro atoms. The van der Waals surface area contributed by atoms with Crippen molar-refractivity contribution >= 4 is 0 Å².